The Labute approximate surface area is 118 Å². The second-order valence-electron chi connectivity index (χ2n) is 5.49. The molecule has 0 amide bonds. The van der Waals surface area contributed by atoms with E-state index >= 15 is 0 Å². The predicted molar refractivity (Wildman–Crippen MR) is 71.4 cm³/mol. The Bertz CT molecular complexity index is 383. The second-order valence-corrected chi connectivity index (χ2v) is 5.49. The second kappa shape index (κ2) is 8.45. The molecular weight excluding hydrogens is 264 g/mol. The number of unbranched alkanes of at least 4 members (excludes halogenated alkanes) is 1. The molecule has 0 aromatic rings. The summed E-state index contributed by atoms with van der Waals surface area (Å²) in [5.74, 6) is -2.84. The molecule has 0 rings (SSSR count). The molecule has 0 aliphatic heterocycles. The molecule has 114 valence electrons. The lowest BCUT2D eigenvalue weighted by atomic mass is 9.87. The van der Waals surface area contributed by atoms with Crippen LogP contribution in [0.25, 0.3) is 0 Å². The summed E-state index contributed by atoms with van der Waals surface area (Å²) in [4.78, 5) is 44.1. The van der Waals surface area contributed by atoms with Crippen LogP contribution in [0.5, 0.6) is 0 Å². The van der Waals surface area contributed by atoms with E-state index in [1.165, 1.54) is 0 Å². The minimum atomic E-state index is -0.926. The van der Waals surface area contributed by atoms with Crippen LogP contribution in [-0.4, -0.2) is 33.7 Å². The van der Waals surface area contributed by atoms with Crippen molar-refractivity contribution < 1.29 is 29.4 Å². The van der Waals surface area contributed by atoms with Crippen molar-refractivity contribution in [3.63, 3.8) is 0 Å². The van der Waals surface area contributed by atoms with E-state index < -0.39 is 28.9 Å². The summed E-state index contributed by atoms with van der Waals surface area (Å²) in [6.45, 7) is 3.15. The molecule has 0 unspecified atom stereocenters. The first kappa shape index (κ1) is 18.3. The lowest BCUT2D eigenvalue weighted by Crippen LogP contribution is -2.24. The molecule has 0 heterocycles. The van der Waals surface area contributed by atoms with Gasteiger partial charge in [-0.05, 0) is 39.5 Å². The molecule has 0 aromatic carbocycles. The van der Waals surface area contributed by atoms with Crippen molar-refractivity contribution in [1.29, 1.82) is 0 Å². The van der Waals surface area contributed by atoms with Gasteiger partial charge in [0, 0.05) is 19.3 Å². The molecule has 6 nitrogen and oxygen atoms in total. The lowest BCUT2D eigenvalue weighted by Gasteiger charge is -2.18. The molecule has 2 N–H and O–H groups in total. The van der Waals surface area contributed by atoms with E-state index in [-0.39, 0.29) is 19.3 Å². The van der Waals surface area contributed by atoms with Crippen LogP contribution >= 0.6 is 0 Å². The Kier molecular flexibility index (Phi) is 7.72. The molecule has 0 spiro atoms. The monoisotopic (exact) mass is 286 g/mol. The van der Waals surface area contributed by atoms with E-state index in [1.54, 1.807) is 13.8 Å². The van der Waals surface area contributed by atoms with Gasteiger partial charge in [-0.15, -0.1) is 0 Å². The van der Waals surface area contributed by atoms with Crippen LogP contribution in [0, 0.1) is 5.41 Å². The summed E-state index contributed by atoms with van der Waals surface area (Å²) in [5, 5.41) is 17.3. The zero-order chi connectivity index (χ0) is 15.8. The van der Waals surface area contributed by atoms with Crippen molar-refractivity contribution >= 4 is 23.5 Å². The van der Waals surface area contributed by atoms with Crippen LogP contribution in [0.1, 0.15) is 58.8 Å². The maximum atomic E-state index is 11.5. The average Bonchev–Trinajstić information content (AvgIpc) is 2.33. The Morgan fingerprint density at radius 2 is 1.25 bits per heavy atom. The van der Waals surface area contributed by atoms with E-state index in [0.717, 1.165) is 0 Å². The van der Waals surface area contributed by atoms with Crippen LogP contribution in [0.2, 0.25) is 0 Å². The number of carboxylic acid groups (broad SMARTS) is 2. The molecule has 20 heavy (non-hydrogen) atoms. The first-order valence-electron chi connectivity index (χ1n) is 6.68. The maximum absolute atomic E-state index is 11.5. The molecule has 0 saturated heterocycles. The highest BCUT2D eigenvalue weighted by Crippen LogP contribution is 2.23. The third-order valence-electron chi connectivity index (χ3n) is 3.14. The maximum Gasteiger partial charge on any atom is 0.309 e. The van der Waals surface area contributed by atoms with Crippen LogP contribution in [0.4, 0.5) is 0 Å². The summed E-state index contributed by atoms with van der Waals surface area (Å²) in [7, 11) is 0. The molecule has 0 aliphatic rings. The van der Waals surface area contributed by atoms with Gasteiger partial charge in [-0.1, -0.05) is 0 Å². The highest BCUT2D eigenvalue weighted by atomic mass is 16.4. The fourth-order valence-corrected chi connectivity index (χ4v) is 1.64. The molecule has 0 fully saturated rings. The van der Waals surface area contributed by atoms with Crippen molar-refractivity contribution in [3.05, 3.63) is 0 Å². The van der Waals surface area contributed by atoms with Gasteiger partial charge in [-0.3, -0.25) is 19.2 Å². The lowest BCUT2D eigenvalue weighted by molar-refractivity contribution is -0.147. The highest BCUT2D eigenvalue weighted by molar-refractivity contribution is 6.37. The van der Waals surface area contributed by atoms with Crippen molar-refractivity contribution in [2.75, 3.05) is 0 Å². The van der Waals surface area contributed by atoms with Gasteiger partial charge >= 0.3 is 11.9 Å². The zero-order valence-corrected chi connectivity index (χ0v) is 12.0. The average molecular weight is 286 g/mol. The minimum absolute atomic E-state index is 0.00568. The first-order valence-corrected chi connectivity index (χ1v) is 6.68. The van der Waals surface area contributed by atoms with Gasteiger partial charge < -0.3 is 10.2 Å². The summed E-state index contributed by atoms with van der Waals surface area (Å²) in [6.07, 6.45) is 1.56. The van der Waals surface area contributed by atoms with Gasteiger partial charge in [0.05, 0.1) is 5.41 Å². The molecule has 0 aromatic heterocycles. The first-order chi connectivity index (χ1) is 9.16. The van der Waals surface area contributed by atoms with Gasteiger partial charge in [0.25, 0.3) is 0 Å². The molecule has 6 heteroatoms. The van der Waals surface area contributed by atoms with E-state index in [9.17, 15) is 19.2 Å². The van der Waals surface area contributed by atoms with E-state index in [0.29, 0.717) is 25.7 Å². The standard InChI is InChI=1S/C14H22O6/c1-14(2,13(19)20)9-5-7-11(16)10(15)6-3-4-8-12(17)18/h3-9H2,1-2H3,(H,17,18)(H,19,20). The SMILES string of the molecule is CC(C)(CCCC(=O)C(=O)CCCCC(=O)O)C(=O)O. The number of rotatable bonds is 11. The number of Topliss-reactive ketones (excluding diaryl/α,β-unsaturated/α-hetero) is 2. The van der Waals surface area contributed by atoms with Crippen molar-refractivity contribution in [2.45, 2.75) is 58.8 Å². The summed E-state index contributed by atoms with van der Waals surface area (Å²) >= 11 is 0. The summed E-state index contributed by atoms with van der Waals surface area (Å²) < 4.78 is 0. The number of carbonyl (C=O) groups excluding carboxylic acids is 2. The third kappa shape index (κ3) is 7.66. The van der Waals surface area contributed by atoms with Crippen molar-refractivity contribution in [2.24, 2.45) is 5.41 Å². The Morgan fingerprint density at radius 3 is 1.70 bits per heavy atom. The smallest absolute Gasteiger partial charge is 0.309 e. The van der Waals surface area contributed by atoms with Crippen LogP contribution in [-0.2, 0) is 19.2 Å². The topological polar surface area (TPSA) is 109 Å². The molecule has 0 aliphatic carbocycles. The molecular formula is C14H22O6. The van der Waals surface area contributed by atoms with E-state index in [1.807, 2.05) is 0 Å². The molecule has 0 radical (unpaired) electrons. The van der Waals surface area contributed by atoms with Crippen LogP contribution in [0.15, 0.2) is 0 Å². The van der Waals surface area contributed by atoms with Gasteiger partial charge in [0.15, 0.2) is 11.6 Å². The zero-order valence-electron chi connectivity index (χ0n) is 12.0. The van der Waals surface area contributed by atoms with Gasteiger partial charge in [-0.2, -0.15) is 0 Å². The Morgan fingerprint density at radius 1 is 0.800 bits per heavy atom. The normalized spacial score (nSPS) is 11.1. The fourth-order valence-electron chi connectivity index (χ4n) is 1.64. The van der Waals surface area contributed by atoms with E-state index in [4.69, 9.17) is 10.2 Å². The number of carboxylic acids is 2. The summed E-state index contributed by atoms with van der Waals surface area (Å²) in [6, 6.07) is 0. The Balaban J connectivity index is 3.89. The number of ketones is 2. The van der Waals surface area contributed by atoms with E-state index in [2.05, 4.69) is 0 Å². The number of hydrogen-bond donors (Lipinski definition) is 2. The minimum Gasteiger partial charge on any atom is -0.481 e. The van der Waals surface area contributed by atoms with Gasteiger partial charge in [0.2, 0.25) is 0 Å². The van der Waals surface area contributed by atoms with Crippen LogP contribution < -0.4 is 0 Å². The highest BCUT2D eigenvalue weighted by Gasteiger charge is 2.27. The number of carbonyl (C=O) groups is 4. The predicted octanol–water partition coefficient (Wildman–Crippen LogP) is 2.05. The Hall–Kier alpha value is -1.72. The number of hydrogen-bond acceptors (Lipinski definition) is 4. The number of aliphatic carboxylic acids is 2. The van der Waals surface area contributed by atoms with Crippen LogP contribution in [0.3, 0.4) is 0 Å². The largest absolute Gasteiger partial charge is 0.481 e. The van der Waals surface area contributed by atoms with Gasteiger partial charge in [-0.25, -0.2) is 0 Å². The van der Waals surface area contributed by atoms with Gasteiger partial charge in [0.1, 0.15) is 0 Å². The van der Waals surface area contributed by atoms with Crippen molar-refractivity contribution in [1.82, 2.24) is 0 Å². The molecule has 0 atom stereocenters. The summed E-state index contributed by atoms with van der Waals surface area (Å²) in [5.41, 5.74) is -0.898. The fraction of sp³-hybridized carbons (Fsp3) is 0.714. The third-order valence-corrected chi connectivity index (χ3v) is 3.14. The quantitative estimate of drug-likeness (QED) is 0.444. The molecule has 0 saturated carbocycles. The molecule has 0 bridgehead atoms. The van der Waals surface area contributed by atoms with Crippen molar-refractivity contribution in [3.8, 4) is 0 Å².